The maximum absolute atomic E-state index is 12.6. The molecule has 0 bridgehead atoms. The number of hydrogen-bond donors (Lipinski definition) is 0. The van der Waals surface area contributed by atoms with Gasteiger partial charge in [0.1, 0.15) is 11.6 Å². The molecule has 0 atom stereocenters. The van der Waals surface area contributed by atoms with Crippen molar-refractivity contribution in [2.45, 2.75) is 19.8 Å². The molecule has 0 unspecified atom stereocenters. The molecule has 140 valence electrons. The minimum Gasteiger partial charge on any atom is -0.497 e. The Morgan fingerprint density at radius 1 is 1.22 bits per heavy atom. The molecule has 0 N–H and O–H groups in total. The van der Waals surface area contributed by atoms with Crippen LogP contribution in [0.25, 0.3) is 11.4 Å². The molecule has 2 aromatic heterocycles. The van der Waals surface area contributed by atoms with Crippen molar-refractivity contribution >= 4 is 27.7 Å². The number of methoxy groups -OCH3 is 1. The van der Waals surface area contributed by atoms with Gasteiger partial charge in [0.05, 0.1) is 7.11 Å². The highest BCUT2D eigenvalue weighted by atomic mass is 79.9. The number of hydrogen-bond acceptors (Lipinski definition) is 6. The molecule has 27 heavy (non-hydrogen) atoms. The van der Waals surface area contributed by atoms with Crippen molar-refractivity contribution in [1.82, 2.24) is 15.1 Å². The second-order valence-corrected chi connectivity index (χ2v) is 6.63. The summed E-state index contributed by atoms with van der Waals surface area (Å²) in [4.78, 5) is 22.8. The van der Waals surface area contributed by atoms with E-state index in [1.165, 1.54) is 0 Å². The summed E-state index contributed by atoms with van der Waals surface area (Å²) >= 11 is 3.34. The molecule has 2 heterocycles. The van der Waals surface area contributed by atoms with Gasteiger partial charge in [-0.25, -0.2) is 4.98 Å². The Bertz CT molecular complexity index is 894. The maximum Gasteiger partial charge on any atom is 0.228 e. The van der Waals surface area contributed by atoms with E-state index in [0.717, 1.165) is 15.8 Å². The summed E-state index contributed by atoms with van der Waals surface area (Å²) in [5.41, 5.74) is 0.825. The van der Waals surface area contributed by atoms with E-state index in [2.05, 4.69) is 31.1 Å². The van der Waals surface area contributed by atoms with E-state index in [0.29, 0.717) is 30.5 Å². The standard InChI is InChI=1S/C19H19BrN4O3/c1-3-24(16-9-6-14(20)12-21-16)18(25)11-10-17-22-19(23-27-17)13-4-7-15(26-2)8-5-13/h4-9,12H,3,10-11H2,1-2H3. The highest BCUT2D eigenvalue weighted by Crippen LogP contribution is 2.20. The third kappa shape index (κ3) is 4.71. The first kappa shape index (κ1) is 19.0. The molecule has 1 amide bonds. The lowest BCUT2D eigenvalue weighted by Gasteiger charge is -2.19. The molecule has 0 saturated carbocycles. The van der Waals surface area contributed by atoms with Gasteiger partial charge in [0.2, 0.25) is 17.6 Å². The zero-order valence-corrected chi connectivity index (χ0v) is 16.6. The van der Waals surface area contributed by atoms with E-state index >= 15 is 0 Å². The van der Waals surface area contributed by atoms with E-state index in [-0.39, 0.29) is 12.3 Å². The highest BCUT2D eigenvalue weighted by Gasteiger charge is 2.17. The monoisotopic (exact) mass is 430 g/mol. The Kier molecular flexibility index (Phi) is 6.18. The molecule has 3 aromatic rings. The lowest BCUT2D eigenvalue weighted by molar-refractivity contribution is -0.118. The quantitative estimate of drug-likeness (QED) is 0.565. The van der Waals surface area contributed by atoms with E-state index in [1.807, 2.05) is 37.3 Å². The van der Waals surface area contributed by atoms with Crippen molar-refractivity contribution in [2.75, 3.05) is 18.6 Å². The van der Waals surface area contributed by atoms with Crippen LogP contribution in [0.15, 0.2) is 51.6 Å². The average Bonchev–Trinajstić information content (AvgIpc) is 3.17. The van der Waals surface area contributed by atoms with Gasteiger partial charge in [-0.2, -0.15) is 4.98 Å². The van der Waals surface area contributed by atoms with E-state index < -0.39 is 0 Å². The number of aromatic nitrogens is 3. The van der Waals surface area contributed by atoms with Crippen LogP contribution in [0.1, 0.15) is 19.2 Å². The molecule has 0 fully saturated rings. The number of rotatable bonds is 7. The second-order valence-electron chi connectivity index (χ2n) is 5.71. The molecule has 8 heteroatoms. The molecular formula is C19H19BrN4O3. The number of carbonyl (C=O) groups excluding carboxylic acids is 1. The fourth-order valence-corrected chi connectivity index (χ4v) is 2.79. The van der Waals surface area contributed by atoms with Crippen molar-refractivity contribution in [3.05, 3.63) is 53.0 Å². The number of aryl methyl sites for hydroxylation is 1. The second kappa shape index (κ2) is 8.77. The van der Waals surface area contributed by atoms with Crippen LogP contribution in [0.2, 0.25) is 0 Å². The van der Waals surface area contributed by atoms with Gasteiger partial charge in [0, 0.05) is 35.6 Å². The van der Waals surface area contributed by atoms with Crippen molar-refractivity contribution < 1.29 is 14.1 Å². The van der Waals surface area contributed by atoms with E-state index in [9.17, 15) is 4.79 Å². The van der Waals surface area contributed by atoms with Gasteiger partial charge in [-0.1, -0.05) is 5.16 Å². The van der Waals surface area contributed by atoms with Gasteiger partial charge in [0.15, 0.2) is 0 Å². The van der Waals surface area contributed by atoms with E-state index in [4.69, 9.17) is 9.26 Å². The Morgan fingerprint density at radius 2 is 2.00 bits per heavy atom. The Labute approximate surface area is 165 Å². The fraction of sp³-hybridized carbons (Fsp3) is 0.263. The zero-order valence-electron chi connectivity index (χ0n) is 15.1. The van der Waals surface area contributed by atoms with Crippen LogP contribution in [-0.2, 0) is 11.2 Å². The highest BCUT2D eigenvalue weighted by molar-refractivity contribution is 9.10. The minimum atomic E-state index is -0.0449. The topological polar surface area (TPSA) is 81.4 Å². The molecule has 0 saturated heterocycles. The number of ether oxygens (including phenoxy) is 1. The van der Waals surface area contributed by atoms with Gasteiger partial charge in [-0.05, 0) is 59.3 Å². The van der Waals surface area contributed by atoms with E-state index in [1.54, 1.807) is 24.3 Å². The lowest BCUT2D eigenvalue weighted by atomic mass is 10.2. The summed E-state index contributed by atoms with van der Waals surface area (Å²) in [6.45, 7) is 2.45. The number of carbonyl (C=O) groups is 1. The number of halogens is 1. The predicted octanol–water partition coefficient (Wildman–Crippen LogP) is 3.89. The smallest absolute Gasteiger partial charge is 0.228 e. The molecule has 0 spiro atoms. The van der Waals surface area contributed by atoms with Crippen LogP contribution in [0.5, 0.6) is 5.75 Å². The lowest BCUT2D eigenvalue weighted by Crippen LogP contribution is -2.31. The molecule has 0 aliphatic rings. The van der Waals surface area contributed by atoms with Gasteiger partial charge < -0.3 is 9.26 Å². The molecule has 7 nitrogen and oxygen atoms in total. The molecule has 0 aliphatic carbocycles. The molecule has 0 aliphatic heterocycles. The summed E-state index contributed by atoms with van der Waals surface area (Å²) in [5, 5.41) is 3.98. The van der Waals surface area contributed by atoms with Crippen LogP contribution >= 0.6 is 15.9 Å². The Morgan fingerprint density at radius 3 is 2.63 bits per heavy atom. The molecule has 1 aromatic carbocycles. The number of anilines is 1. The largest absolute Gasteiger partial charge is 0.497 e. The zero-order chi connectivity index (χ0) is 19.2. The van der Waals surface area contributed by atoms with Crippen molar-refractivity contribution in [3.8, 4) is 17.1 Å². The van der Waals surface area contributed by atoms with Crippen LogP contribution in [0.4, 0.5) is 5.82 Å². The summed E-state index contributed by atoms with van der Waals surface area (Å²) < 4.78 is 11.3. The first-order valence-corrected chi connectivity index (χ1v) is 9.29. The first-order valence-electron chi connectivity index (χ1n) is 8.49. The third-order valence-corrected chi connectivity index (χ3v) is 4.44. The van der Waals surface area contributed by atoms with Crippen molar-refractivity contribution in [3.63, 3.8) is 0 Å². The number of amides is 1. The normalized spacial score (nSPS) is 10.6. The SMILES string of the molecule is CCN(C(=O)CCc1nc(-c2ccc(OC)cc2)no1)c1ccc(Br)cn1. The number of pyridine rings is 1. The van der Waals surface area contributed by atoms with Crippen LogP contribution in [-0.4, -0.2) is 34.7 Å². The summed E-state index contributed by atoms with van der Waals surface area (Å²) in [6, 6.07) is 11.0. The van der Waals surface area contributed by atoms with Gasteiger partial charge in [-0.15, -0.1) is 0 Å². The molecule has 0 radical (unpaired) electrons. The Balaban J connectivity index is 1.63. The maximum atomic E-state index is 12.6. The Hall–Kier alpha value is -2.74. The minimum absolute atomic E-state index is 0.0449. The average molecular weight is 431 g/mol. The third-order valence-electron chi connectivity index (χ3n) is 3.97. The number of nitrogens with zero attached hydrogens (tertiary/aromatic N) is 4. The fourth-order valence-electron chi connectivity index (χ4n) is 2.56. The van der Waals surface area contributed by atoms with Crippen LogP contribution in [0.3, 0.4) is 0 Å². The first-order chi connectivity index (χ1) is 13.1. The summed E-state index contributed by atoms with van der Waals surface area (Å²) in [7, 11) is 1.61. The number of benzene rings is 1. The van der Waals surface area contributed by atoms with Crippen molar-refractivity contribution in [2.24, 2.45) is 0 Å². The van der Waals surface area contributed by atoms with Crippen LogP contribution in [0, 0.1) is 0 Å². The molecule has 3 rings (SSSR count). The van der Waals surface area contributed by atoms with Crippen LogP contribution < -0.4 is 9.64 Å². The van der Waals surface area contributed by atoms with Gasteiger partial charge in [0.25, 0.3) is 0 Å². The summed E-state index contributed by atoms with van der Waals surface area (Å²) in [5.74, 6) is 2.25. The molecular weight excluding hydrogens is 412 g/mol. The van der Waals surface area contributed by atoms with Crippen molar-refractivity contribution in [1.29, 1.82) is 0 Å². The van der Waals surface area contributed by atoms with Gasteiger partial charge >= 0.3 is 0 Å². The predicted molar refractivity (Wildman–Crippen MR) is 105 cm³/mol. The summed E-state index contributed by atoms with van der Waals surface area (Å²) in [6.07, 6.45) is 2.30. The van der Waals surface area contributed by atoms with Gasteiger partial charge in [-0.3, -0.25) is 9.69 Å².